The maximum absolute atomic E-state index is 12.5. The van der Waals surface area contributed by atoms with Gasteiger partial charge in [-0.05, 0) is 32.2 Å². The minimum absolute atomic E-state index is 0.0728. The number of aromatic nitrogens is 2. The molecule has 0 aromatic carbocycles. The summed E-state index contributed by atoms with van der Waals surface area (Å²) in [4.78, 5) is 41.3. The molecule has 3 heterocycles. The number of nitrogens with one attached hydrogen (secondary N) is 3. The molecular formula is C13H18N4O3. The maximum atomic E-state index is 12.5. The van der Waals surface area contributed by atoms with Crippen LogP contribution in [0.25, 0.3) is 0 Å². The monoisotopic (exact) mass is 278 g/mol. The number of aromatic amines is 2. The lowest BCUT2D eigenvalue weighted by atomic mass is 10.0. The number of carbonyl (C=O) groups excluding carboxylic acids is 1. The first-order valence-electron chi connectivity index (χ1n) is 7.03. The molecule has 108 valence electrons. The van der Waals surface area contributed by atoms with E-state index >= 15 is 0 Å². The molecule has 3 N–H and O–H groups in total. The van der Waals surface area contributed by atoms with Gasteiger partial charge in [0.25, 0.3) is 11.5 Å². The molecule has 0 saturated carbocycles. The van der Waals surface area contributed by atoms with Crippen molar-refractivity contribution in [3.8, 4) is 0 Å². The second kappa shape index (κ2) is 5.24. The topological polar surface area (TPSA) is 98.1 Å². The zero-order chi connectivity index (χ0) is 14.1. The minimum atomic E-state index is -0.643. The fraction of sp³-hybridized carbons (Fsp3) is 0.615. The standard InChI is InChI=1S/C13H18N4O3/c18-11-7-9(15-13(20)16-11)12(19)17-6-2-4-10(17)8-3-1-5-14-8/h7-8,10,14H,1-6H2,(H2,15,16,18,20). The average Bonchev–Trinajstić information content (AvgIpc) is 3.07. The van der Waals surface area contributed by atoms with Gasteiger partial charge in [-0.15, -0.1) is 0 Å². The van der Waals surface area contributed by atoms with Crippen LogP contribution >= 0.6 is 0 Å². The van der Waals surface area contributed by atoms with E-state index in [-0.39, 0.29) is 17.6 Å². The molecule has 2 unspecified atom stereocenters. The Labute approximate surface area is 115 Å². The molecule has 20 heavy (non-hydrogen) atoms. The molecular weight excluding hydrogens is 260 g/mol. The van der Waals surface area contributed by atoms with Gasteiger partial charge < -0.3 is 15.2 Å². The number of rotatable bonds is 2. The van der Waals surface area contributed by atoms with Crippen LogP contribution in [0, 0.1) is 0 Å². The van der Waals surface area contributed by atoms with Gasteiger partial charge in [-0.25, -0.2) is 4.79 Å². The van der Waals surface area contributed by atoms with Crippen LogP contribution in [0.4, 0.5) is 0 Å². The zero-order valence-electron chi connectivity index (χ0n) is 11.1. The van der Waals surface area contributed by atoms with E-state index in [1.807, 2.05) is 0 Å². The predicted molar refractivity (Wildman–Crippen MR) is 72.8 cm³/mol. The lowest BCUT2D eigenvalue weighted by Gasteiger charge is -2.29. The van der Waals surface area contributed by atoms with Gasteiger partial charge in [0, 0.05) is 24.7 Å². The summed E-state index contributed by atoms with van der Waals surface area (Å²) in [7, 11) is 0. The van der Waals surface area contributed by atoms with Crippen LogP contribution in [0.3, 0.4) is 0 Å². The molecule has 0 radical (unpaired) electrons. The van der Waals surface area contributed by atoms with Crippen molar-refractivity contribution in [1.82, 2.24) is 20.2 Å². The highest BCUT2D eigenvalue weighted by Crippen LogP contribution is 2.25. The summed E-state index contributed by atoms with van der Waals surface area (Å²) in [5.41, 5.74) is -1.12. The predicted octanol–water partition coefficient (Wildman–Crippen LogP) is -0.580. The highest BCUT2D eigenvalue weighted by atomic mass is 16.2. The highest BCUT2D eigenvalue weighted by molar-refractivity contribution is 5.92. The van der Waals surface area contributed by atoms with Crippen LogP contribution in [0.2, 0.25) is 0 Å². The molecule has 0 aliphatic carbocycles. The lowest BCUT2D eigenvalue weighted by Crippen LogP contribution is -2.47. The van der Waals surface area contributed by atoms with E-state index < -0.39 is 11.2 Å². The summed E-state index contributed by atoms with van der Waals surface area (Å²) < 4.78 is 0. The molecule has 3 rings (SSSR count). The molecule has 0 spiro atoms. The van der Waals surface area contributed by atoms with Crippen molar-refractivity contribution in [2.24, 2.45) is 0 Å². The van der Waals surface area contributed by atoms with Gasteiger partial charge in [0.1, 0.15) is 5.69 Å². The number of nitrogens with zero attached hydrogens (tertiary/aromatic N) is 1. The van der Waals surface area contributed by atoms with E-state index in [2.05, 4.69) is 15.3 Å². The molecule has 2 atom stereocenters. The molecule has 7 nitrogen and oxygen atoms in total. The molecule has 1 aromatic heterocycles. The second-order valence-electron chi connectivity index (χ2n) is 5.41. The quantitative estimate of drug-likeness (QED) is 0.674. The number of carbonyl (C=O) groups is 1. The van der Waals surface area contributed by atoms with Crippen molar-refractivity contribution < 1.29 is 4.79 Å². The fourth-order valence-electron chi connectivity index (χ4n) is 3.24. The van der Waals surface area contributed by atoms with Gasteiger partial charge >= 0.3 is 5.69 Å². The molecule has 2 fully saturated rings. The Morgan fingerprint density at radius 3 is 2.75 bits per heavy atom. The Hall–Kier alpha value is -1.89. The number of amides is 1. The highest BCUT2D eigenvalue weighted by Gasteiger charge is 2.36. The molecule has 1 aromatic rings. The number of hydrogen-bond acceptors (Lipinski definition) is 4. The zero-order valence-corrected chi connectivity index (χ0v) is 11.1. The molecule has 2 saturated heterocycles. The van der Waals surface area contributed by atoms with Crippen LogP contribution in [-0.2, 0) is 0 Å². The van der Waals surface area contributed by atoms with Crippen molar-refractivity contribution in [2.75, 3.05) is 13.1 Å². The normalized spacial score (nSPS) is 26.1. The van der Waals surface area contributed by atoms with Crippen molar-refractivity contribution in [1.29, 1.82) is 0 Å². The minimum Gasteiger partial charge on any atom is -0.333 e. The van der Waals surface area contributed by atoms with E-state index in [0.29, 0.717) is 12.6 Å². The Morgan fingerprint density at radius 2 is 2.05 bits per heavy atom. The van der Waals surface area contributed by atoms with Crippen LogP contribution in [0.5, 0.6) is 0 Å². The van der Waals surface area contributed by atoms with Gasteiger partial charge in [0.2, 0.25) is 0 Å². The largest absolute Gasteiger partial charge is 0.333 e. The van der Waals surface area contributed by atoms with E-state index in [1.54, 1.807) is 4.90 Å². The fourth-order valence-corrected chi connectivity index (χ4v) is 3.24. The van der Waals surface area contributed by atoms with E-state index in [1.165, 1.54) is 0 Å². The van der Waals surface area contributed by atoms with E-state index in [0.717, 1.165) is 38.3 Å². The molecule has 1 amide bonds. The van der Waals surface area contributed by atoms with E-state index in [4.69, 9.17) is 0 Å². The summed E-state index contributed by atoms with van der Waals surface area (Å²) >= 11 is 0. The van der Waals surface area contributed by atoms with Gasteiger partial charge in [-0.1, -0.05) is 0 Å². The van der Waals surface area contributed by atoms with Gasteiger partial charge in [-0.2, -0.15) is 0 Å². The van der Waals surface area contributed by atoms with Crippen LogP contribution in [0.15, 0.2) is 15.7 Å². The summed E-state index contributed by atoms with van der Waals surface area (Å²) in [6.45, 7) is 1.67. The third-order valence-electron chi connectivity index (χ3n) is 4.11. The van der Waals surface area contributed by atoms with Crippen molar-refractivity contribution in [2.45, 2.75) is 37.8 Å². The average molecular weight is 278 g/mol. The first kappa shape index (κ1) is 13.1. The number of hydrogen-bond donors (Lipinski definition) is 3. The molecule has 0 bridgehead atoms. The van der Waals surface area contributed by atoms with Crippen molar-refractivity contribution in [3.05, 3.63) is 32.6 Å². The Morgan fingerprint density at radius 1 is 1.20 bits per heavy atom. The van der Waals surface area contributed by atoms with Gasteiger partial charge in [0.05, 0.1) is 0 Å². The second-order valence-corrected chi connectivity index (χ2v) is 5.41. The summed E-state index contributed by atoms with van der Waals surface area (Å²) in [5, 5.41) is 3.42. The van der Waals surface area contributed by atoms with Crippen LogP contribution < -0.4 is 16.6 Å². The van der Waals surface area contributed by atoms with Gasteiger partial charge in [-0.3, -0.25) is 14.6 Å². The summed E-state index contributed by atoms with van der Waals surface area (Å²) in [6, 6.07) is 1.64. The Kier molecular flexibility index (Phi) is 3.43. The SMILES string of the molecule is O=C(c1cc(=O)[nH]c(=O)[nH]1)N1CCCC1C1CCCN1. The van der Waals surface area contributed by atoms with Crippen molar-refractivity contribution in [3.63, 3.8) is 0 Å². The Balaban J connectivity index is 1.85. The molecule has 2 aliphatic heterocycles. The molecule has 7 heteroatoms. The summed E-state index contributed by atoms with van der Waals surface area (Å²) in [5.74, 6) is -0.260. The first-order valence-corrected chi connectivity index (χ1v) is 7.03. The third kappa shape index (κ3) is 2.40. The third-order valence-corrected chi connectivity index (χ3v) is 4.11. The first-order chi connectivity index (χ1) is 9.65. The lowest BCUT2D eigenvalue weighted by molar-refractivity contribution is 0.0704. The number of likely N-dealkylation sites (tertiary alicyclic amines) is 1. The van der Waals surface area contributed by atoms with E-state index in [9.17, 15) is 14.4 Å². The smallest absolute Gasteiger partial charge is 0.326 e. The summed E-state index contributed by atoms with van der Waals surface area (Å²) in [6.07, 6.45) is 4.13. The Bertz CT molecular complexity index is 586. The molecule has 2 aliphatic rings. The van der Waals surface area contributed by atoms with Crippen LogP contribution in [0.1, 0.15) is 36.2 Å². The maximum Gasteiger partial charge on any atom is 0.326 e. The number of H-pyrrole nitrogens is 2. The van der Waals surface area contributed by atoms with Crippen molar-refractivity contribution >= 4 is 5.91 Å². The van der Waals surface area contributed by atoms with Crippen LogP contribution in [-0.4, -0.2) is 45.9 Å². The van der Waals surface area contributed by atoms with Gasteiger partial charge in [0.15, 0.2) is 0 Å².